The maximum Gasteiger partial charge on any atom is 0.247 e. The third kappa shape index (κ3) is 4.18. The molecule has 20 heavy (non-hydrogen) atoms. The molecule has 7 heteroatoms. The van der Waals surface area contributed by atoms with Crippen molar-refractivity contribution in [2.45, 2.75) is 32.2 Å². The lowest BCUT2D eigenvalue weighted by molar-refractivity contribution is 0.444. The molecule has 0 unspecified atom stereocenters. The molecule has 0 atom stereocenters. The van der Waals surface area contributed by atoms with Crippen molar-refractivity contribution in [2.75, 3.05) is 19.6 Å². The summed E-state index contributed by atoms with van der Waals surface area (Å²) in [7, 11) is -3.58. The number of furan rings is 1. The van der Waals surface area contributed by atoms with E-state index in [0.29, 0.717) is 25.4 Å². The molecule has 0 saturated heterocycles. The van der Waals surface area contributed by atoms with Gasteiger partial charge in [-0.3, -0.25) is 0 Å². The minimum atomic E-state index is -3.58. The average molecular weight is 365 g/mol. The number of likely N-dealkylation sites (N-methyl/N-ethyl adjacent to an activating group) is 1. The molecule has 1 N–H and O–H groups in total. The summed E-state index contributed by atoms with van der Waals surface area (Å²) in [6.45, 7) is 11.3. The summed E-state index contributed by atoms with van der Waals surface area (Å²) >= 11 is 3.19. The number of hydrogen-bond donors (Lipinski definition) is 1. The van der Waals surface area contributed by atoms with E-state index in [2.05, 4.69) is 27.8 Å². The van der Waals surface area contributed by atoms with Crippen molar-refractivity contribution in [1.82, 2.24) is 9.62 Å². The quantitative estimate of drug-likeness (QED) is 0.720. The van der Waals surface area contributed by atoms with Gasteiger partial charge in [0, 0.05) is 19.2 Å². The van der Waals surface area contributed by atoms with Crippen LogP contribution in [0.25, 0.3) is 0 Å². The lowest BCUT2D eigenvalue weighted by Gasteiger charge is -2.19. The zero-order chi connectivity index (χ0) is 15.3. The lowest BCUT2D eigenvalue weighted by atomic mass is 10.3. The predicted octanol–water partition coefficient (Wildman–Crippen LogP) is 2.74. The first-order valence-electron chi connectivity index (χ1n) is 6.46. The smallest absolute Gasteiger partial charge is 0.247 e. The number of nitrogens with zero attached hydrogens (tertiary/aromatic N) is 1. The fourth-order valence-corrected chi connectivity index (χ4v) is 4.19. The summed E-state index contributed by atoms with van der Waals surface area (Å²) in [5.41, 5.74) is 0.794. The van der Waals surface area contributed by atoms with Gasteiger partial charge < -0.3 is 9.73 Å². The Hall–Kier alpha value is -0.630. The Labute approximate surface area is 129 Å². The van der Waals surface area contributed by atoms with Gasteiger partial charge in [-0.05, 0) is 29.4 Å². The average Bonchev–Trinajstić information content (AvgIpc) is 2.75. The number of nitrogens with one attached hydrogen (secondary N) is 1. The Morgan fingerprint density at radius 2 is 2.15 bits per heavy atom. The van der Waals surface area contributed by atoms with E-state index in [-0.39, 0.29) is 9.56 Å². The second-order valence-electron chi connectivity index (χ2n) is 4.52. The Morgan fingerprint density at radius 3 is 2.65 bits per heavy atom. The zero-order valence-electron chi connectivity index (χ0n) is 12.1. The molecule has 1 aromatic rings. The largest absolute Gasteiger partial charge is 0.452 e. The van der Waals surface area contributed by atoms with Crippen LogP contribution in [0.4, 0.5) is 0 Å². The molecule has 0 amide bonds. The molecule has 114 valence electrons. The molecule has 1 rings (SSSR count). The zero-order valence-corrected chi connectivity index (χ0v) is 14.5. The molecule has 0 bridgehead atoms. The van der Waals surface area contributed by atoms with Crippen molar-refractivity contribution in [1.29, 1.82) is 0 Å². The van der Waals surface area contributed by atoms with Gasteiger partial charge in [0.2, 0.25) is 10.0 Å². The van der Waals surface area contributed by atoms with Gasteiger partial charge in [-0.25, -0.2) is 8.42 Å². The van der Waals surface area contributed by atoms with E-state index in [4.69, 9.17) is 4.42 Å². The van der Waals surface area contributed by atoms with E-state index in [9.17, 15) is 8.42 Å². The van der Waals surface area contributed by atoms with Gasteiger partial charge in [0.05, 0.1) is 6.54 Å². The summed E-state index contributed by atoms with van der Waals surface area (Å²) in [4.78, 5) is 0.161. The highest BCUT2D eigenvalue weighted by Crippen LogP contribution is 2.29. The SMILES string of the molecule is C=C(C)CN(CC)S(=O)(=O)c1cc(CNCC)oc1Br. The van der Waals surface area contributed by atoms with Crippen LogP contribution in [0.3, 0.4) is 0 Å². The maximum atomic E-state index is 12.6. The fourth-order valence-electron chi connectivity index (χ4n) is 1.72. The maximum absolute atomic E-state index is 12.6. The van der Waals surface area contributed by atoms with E-state index in [1.807, 2.05) is 6.92 Å². The number of hydrogen-bond acceptors (Lipinski definition) is 4. The first kappa shape index (κ1) is 17.4. The first-order chi connectivity index (χ1) is 9.32. The van der Waals surface area contributed by atoms with Crippen LogP contribution < -0.4 is 5.32 Å². The summed E-state index contributed by atoms with van der Waals surface area (Å²) in [6.07, 6.45) is 0. The molecule has 0 saturated carbocycles. The van der Waals surface area contributed by atoms with Crippen LogP contribution in [-0.2, 0) is 16.6 Å². The van der Waals surface area contributed by atoms with Gasteiger partial charge in [0.15, 0.2) is 4.67 Å². The van der Waals surface area contributed by atoms with Crippen LogP contribution in [0.1, 0.15) is 26.5 Å². The Bertz CT molecular complexity index is 566. The standard InChI is InChI=1S/C13H21BrN2O3S/c1-5-15-8-11-7-12(13(14)19-11)20(17,18)16(6-2)9-10(3)4/h7,15H,3,5-6,8-9H2,1-2,4H3. The third-order valence-electron chi connectivity index (χ3n) is 2.67. The summed E-state index contributed by atoms with van der Waals surface area (Å²) < 4.78 is 32.2. The lowest BCUT2D eigenvalue weighted by Crippen LogP contribution is -2.32. The van der Waals surface area contributed by atoms with Gasteiger partial charge >= 0.3 is 0 Å². The Balaban J connectivity index is 3.07. The Kier molecular flexibility index (Phi) is 6.44. The molecule has 0 aliphatic carbocycles. The van der Waals surface area contributed by atoms with Crippen molar-refractivity contribution < 1.29 is 12.8 Å². The molecule has 5 nitrogen and oxygen atoms in total. The molecular formula is C13H21BrN2O3S. The molecule has 0 aliphatic heterocycles. The highest BCUT2D eigenvalue weighted by Gasteiger charge is 2.28. The van der Waals surface area contributed by atoms with Gasteiger partial charge in [0.1, 0.15) is 10.7 Å². The molecule has 0 aromatic carbocycles. The van der Waals surface area contributed by atoms with Gasteiger partial charge in [-0.15, -0.1) is 0 Å². The van der Waals surface area contributed by atoms with Crippen molar-refractivity contribution in [3.05, 3.63) is 28.6 Å². The first-order valence-corrected chi connectivity index (χ1v) is 8.69. The normalized spacial score (nSPS) is 12.1. The van der Waals surface area contributed by atoms with Crippen LogP contribution in [0, 0.1) is 0 Å². The summed E-state index contributed by atoms with van der Waals surface area (Å²) in [6, 6.07) is 1.56. The van der Waals surface area contributed by atoms with Gasteiger partial charge in [-0.1, -0.05) is 26.0 Å². The minimum Gasteiger partial charge on any atom is -0.452 e. The van der Waals surface area contributed by atoms with Crippen LogP contribution in [-0.4, -0.2) is 32.4 Å². The number of halogens is 1. The Morgan fingerprint density at radius 1 is 1.50 bits per heavy atom. The van der Waals surface area contributed by atoms with E-state index < -0.39 is 10.0 Å². The summed E-state index contributed by atoms with van der Waals surface area (Å²) in [5.74, 6) is 0.587. The van der Waals surface area contributed by atoms with Gasteiger partial charge in [-0.2, -0.15) is 4.31 Å². The molecule has 0 spiro atoms. The molecule has 0 fully saturated rings. The highest BCUT2D eigenvalue weighted by molar-refractivity contribution is 9.10. The summed E-state index contributed by atoms with van der Waals surface area (Å²) in [5, 5.41) is 3.09. The fraction of sp³-hybridized carbons (Fsp3) is 0.538. The monoisotopic (exact) mass is 364 g/mol. The predicted molar refractivity (Wildman–Crippen MR) is 83.0 cm³/mol. The molecule has 0 aliphatic rings. The number of rotatable bonds is 8. The molecule has 1 aromatic heterocycles. The van der Waals surface area contributed by atoms with Crippen LogP contribution >= 0.6 is 15.9 Å². The van der Waals surface area contributed by atoms with Crippen molar-refractivity contribution >= 4 is 26.0 Å². The topological polar surface area (TPSA) is 62.6 Å². The van der Waals surface area contributed by atoms with Crippen molar-refractivity contribution in [2.24, 2.45) is 0 Å². The van der Waals surface area contributed by atoms with Crippen LogP contribution in [0.5, 0.6) is 0 Å². The third-order valence-corrected chi connectivity index (χ3v) is 5.45. The van der Waals surface area contributed by atoms with Gasteiger partial charge in [0.25, 0.3) is 0 Å². The van der Waals surface area contributed by atoms with E-state index in [1.54, 1.807) is 19.9 Å². The molecule has 1 heterocycles. The highest BCUT2D eigenvalue weighted by atomic mass is 79.9. The van der Waals surface area contributed by atoms with Crippen molar-refractivity contribution in [3.63, 3.8) is 0 Å². The molecule has 0 radical (unpaired) electrons. The van der Waals surface area contributed by atoms with Crippen LogP contribution in [0.15, 0.2) is 32.2 Å². The van der Waals surface area contributed by atoms with E-state index in [0.717, 1.165) is 12.1 Å². The second kappa shape index (κ2) is 7.40. The van der Waals surface area contributed by atoms with Crippen LogP contribution in [0.2, 0.25) is 0 Å². The van der Waals surface area contributed by atoms with Crippen molar-refractivity contribution in [3.8, 4) is 0 Å². The molecular weight excluding hydrogens is 344 g/mol. The second-order valence-corrected chi connectivity index (χ2v) is 7.15. The van der Waals surface area contributed by atoms with E-state index >= 15 is 0 Å². The van der Waals surface area contributed by atoms with E-state index in [1.165, 1.54) is 4.31 Å². The minimum absolute atomic E-state index is 0.161. The number of sulfonamides is 1.